The van der Waals surface area contributed by atoms with Crippen LogP contribution >= 0.6 is 22.7 Å². The first-order chi connectivity index (χ1) is 6.42. The van der Waals surface area contributed by atoms with Crippen molar-refractivity contribution in [3.05, 3.63) is 44.8 Å². The zero-order valence-corrected chi connectivity index (χ0v) is 8.99. The van der Waals surface area contributed by atoms with Crippen LogP contribution in [0.5, 0.6) is 0 Å². The average Bonchev–Trinajstić information content (AvgIpc) is 2.76. The highest BCUT2D eigenvalue weighted by Crippen LogP contribution is 2.26. The lowest BCUT2D eigenvalue weighted by atomic mass is 10.1. The van der Waals surface area contributed by atoms with Crippen LogP contribution in [0.4, 0.5) is 0 Å². The van der Waals surface area contributed by atoms with Crippen LogP contribution < -0.4 is 5.32 Å². The van der Waals surface area contributed by atoms with E-state index in [4.69, 9.17) is 0 Å². The van der Waals surface area contributed by atoms with Gasteiger partial charge in [-0.2, -0.15) is 11.3 Å². The van der Waals surface area contributed by atoms with Gasteiger partial charge in [-0.1, -0.05) is 6.07 Å². The van der Waals surface area contributed by atoms with E-state index in [0.29, 0.717) is 6.04 Å². The van der Waals surface area contributed by atoms with Gasteiger partial charge >= 0.3 is 0 Å². The summed E-state index contributed by atoms with van der Waals surface area (Å²) in [5.74, 6) is 0. The molecule has 1 nitrogen and oxygen atoms in total. The third-order valence-corrected chi connectivity index (χ3v) is 3.63. The first-order valence-corrected chi connectivity index (χ1v) is 5.97. The SMILES string of the molecule is CNC(c1ccsc1)c1cccs1. The maximum absolute atomic E-state index is 3.32. The molecule has 2 heterocycles. The molecule has 2 aromatic heterocycles. The van der Waals surface area contributed by atoms with Crippen LogP contribution in [-0.2, 0) is 0 Å². The molecular weight excluding hydrogens is 198 g/mol. The molecular formula is C10H11NS2. The van der Waals surface area contributed by atoms with Gasteiger partial charge in [0.05, 0.1) is 6.04 Å². The van der Waals surface area contributed by atoms with Gasteiger partial charge < -0.3 is 5.32 Å². The van der Waals surface area contributed by atoms with E-state index in [0.717, 1.165) is 0 Å². The molecule has 0 fully saturated rings. The molecule has 13 heavy (non-hydrogen) atoms. The maximum atomic E-state index is 3.32. The Morgan fingerprint density at radius 1 is 1.31 bits per heavy atom. The smallest absolute Gasteiger partial charge is 0.0676 e. The second-order valence-electron chi connectivity index (χ2n) is 2.79. The predicted octanol–water partition coefficient (Wildman–Crippen LogP) is 3.12. The quantitative estimate of drug-likeness (QED) is 0.819. The highest BCUT2D eigenvalue weighted by Gasteiger charge is 2.12. The lowest BCUT2D eigenvalue weighted by molar-refractivity contribution is 0.706. The van der Waals surface area contributed by atoms with Gasteiger partial charge in [-0.15, -0.1) is 11.3 Å². The molecule has 68 valence electrons. The van der Waals surface area contributed by atoms with Gasteiger partial charge in [-0.3, -0.25) is 0 Å². The summed E-state index contributed by atoms with van der Waals surface area (Å²) in [6.07, 6.45) is 0. The zero-order chi connectivity index (χ0) is 9.10. The van der Waals surface area contributed by atoms with Crippen molar-refractivity contribution in [1.29, 1.82) is 0 Å². The first-order valence-electron chi connectivity index (χ1n) is 4.14. The van der Waals surface area contributed by atoms with Crippen LogP contribution in [0.3, 0.4) is 0 Å². The van der Waals surface area contributed by atoms with Crippen molar-refractivity contribution in [2.45, 2.75) is 6.04 Å². The predicted molar refractivity (Wildman–Crippen MR) is 59.5 cm³/mol. The summed E-state index contributed by atoms with van der Waals surface area (Å²) in [4.78, 5) is 1.38. The fourth-order valence-corrected chi connectivity index (χ4v) is 2.92. The van der Waals surface area contributed by atoms with Crippen molar-refractivity contribution in [1.82, 2.24) is 5.32 Å². The second-order valence-corrected chi connectivity index (χ2v) is 4.55. The van der Waals surface area contributed by atoms with Crippen molar-refractivity contribution >= 4 is 22.7 Å². The highest BCUT2D eigenvalue weighted by molar-refractivity contribution is 7.10. The summed E-state index contributed by atoms with van der Waals surface area (Å²) in [6.45, 7) is 0. The zero-order valence-electron chi connectivity index (χ0n) is 7.36. The lowest BCUT2D eigenvalue weighted by Gasteiger charge is -2.12. The number of thiophene rings is 2. The molecule has 3 heteroatoms. The fraction of sp³-hybridized carbons (Fsp3) is 0.200. The van der Waals surface area contributed by atoms with E-state index in [-0.39, 0.29) is 0 Å². The van der Waals surface area contributed by atoms with Crippen molar-refractivity contribution in [2.75, 3.05) is 7.05 Å². The molecule has 0 radical (unpaired) electrons. The summed E-state index contributed by atoms with van der Waals surface area (Å²) in [7, 11) is 2.00. The van der Waals surface area contributed by atoms with Crippen molar-refractivity contribution in [3.8, 4) is 0 Å². The molecule has 0 saturated heterocycles. The minimum absolute atomic E-state index is 0.367. The summed E-state index contributed by atoms with van der Waals surface area (Å²) in [5, 5.41) is 9.75. The van der Waals surface area contributed by atoms with Gasteiger partial charge in [0, 0.05) is 4.88 Å². The molecule has 0 aromatic carbocycles. The molecule has 0 saturated carbocycles. The van der Waals surface area contributed by atoms with Gasteiger partial charge in [-0.05, 0) is 40.9 Å². The van der Waals surface area contributed by atoms with Gasteiger partial charge in [-0.25, -0.2) is 0 Å². The Balaban J connectivity index is 2.29. The molecule has 2 aromatic rings. The lowest BCUT2D eigenvalue weighted by Crippen LogP contribution is -2.15. The Labute approximate surface area is 86.0 Å². The normalized spacial score (nSPS) is 13.0. The first kappa shape index (κ1) is 8.94. The van der Waals surface area contributed by atoms with E-state index in [9.17, 15) is 0 Å². The third-order valence-electron chi connectivity index (χ3n) is 1.99. The standard InChI is InChI=1S/C10H11NS2/c1-11-10(8-4-6-12-7-8)9-3-2-5-13-9/h2-7,10-11H,1H3. The number of hydrogen-bond acceptors (Lipinski definition) is 3. The van der Waals surface area contributed by atoms with Crippen LogP contribution in [0, 0.1) is 0 Å². The largest absolute Gasteiger partial charge is 0.309 e. The summed E-state index contributed by atoms with van der Waals surface area (Å²) in [6, 6.07) is 6.80. The van der Waals surface area contributed by atoms with Crippen LogP contribution in [0.15, 0.2) is 34.3 Å². The molecule has 1 unspecified atom stereocenters. The Bertz CT molecular complexity index is 303. The molecule has 0 aliphatic heterocycles. The van der Waals surface area contributed by atoms with Crippen LogP contribution in [0.25, 0.3) is 0 Å². The summed E-state index contributed by atoms with van der Waals surface area (Å²) >= 11 is 3.54. The average molecular weight is 209 g/mol. The molecule has 0 amide bonds. The minimum atomic E-state index is 0.367. The topological polar surface area (TPSA) is 12.0 Å². The van der Waals surface area contributed by atoms with Crippen molar-refractivity contribution in [3.63, 3.8) is 0 Å². The van der Waals surface area contributed by atoms with Gasteiger partial charge in [0.25, 0.3) is 0 Å². The van der Waals surface area contributed by atoms with Crippen LogP contribution in [0.2, 0.25) is 0 Å². The van der Waals surface area contributed by atoms with E-state index in [1.165, 1.54) is 10.4 Å². The van der Waals surface area contributed by atoms with Crippen LogP contribution in [0.1, 0.15) is 16.5 Å². The van der Waals surface area contributed by atoms with Crippen LogP contribution in [-0.4, -0.2) is 7.05 Å². The number of hydrogen-bond donors (Lipinski definition) is 1. The van der Waals surface area contributed by atoms with Gasteiger partial charge in [0.2, 0.25) is 0 Å². The van der Waals surface area contributed by atoms with Gasteiger partial charge in [0.15, 0.2) is 0 Å². The summed E-state index contributed by atoms with van der Waals surface area (Å²) in [5.41, 5.74) is 1.36. The molecule has 2 rings (SSSR count). The fourth-order valence-electron chi connectivity index (χ4n) is 1.37. The van der Waals surface area contributed by atoms with E-state index in [1.807, 2.05) is 7.05 Å². The monoisotopic (exact) mass is 209 g/mol. The van der Waals surface area contributed by atoms with Crippen molar-refractivity contribution in [2.24, 2.45) is 0 Å². The van der Waals surface area contributed by atoms with Crippen molar-refractivity contribution < 1.29 is 0 Å². The van der Waals surface area contributed by atoms with Gasteiger partial charge in [0.1, 0.15) is 0 Å². The second kappa shape index (κ2) is 4.05. The molecule has 0 aliphatic carbocycles. The molecule has 0 spiro atoms. The third kappa shape index (κ3) is 1.82. The summed E-state index contributed by atoms with van der Waals surface area (Å²) < 4.78 is 0. The number of nitrogens with one attached hydrogen (secondary N) is 1. The Morgan fingerprint density at radius 2 is 2.23 bits per heavy atom. The van der Waals surface area contributed by atoms with E-state index in [1.54, 1.807) is 22.7 Å². The van der Waals surface area contributed by atoms with E-state index < -0.39 is 0 Å². The number of rotatable bonds is 3. The Hall–Kier alpha value is -0.640. The maximum Gasteiger partial charge on any atom is 0.0676 e. The molecule has 0 aliphatic rings. The molecule has 0 bridgehead atoms. The Morgan fingerprint density at radius 3 is 2.77 bits per heavy atom. The minimum Gasteiger partial charge on any atom is -0.309 e. The van der Waals surface area contributed by atoms with E-state index >= 15 is 0 Å². The highest BCUT2D eigenvalue weighted by atomic mass is 32.1. The molecule has 1 atom stereocenters. The van der Waals surface area contributed by atoms with E-state index in [2.05, 4.69) is 39.7 Å². The Kier molecular flexibility index (Phi) is 2.78. The molecule has 1 N–H and O–H groups in total.